The Kier molecular flexibility index (Phi) is 10.7. The first-order chi connectivity index (χ1) is 25.6. The van der Waals surface area contributed by atoms with Gasteiger partial charge in [-0.25, -0.2) is 9.59 Å². The zero-order chi connectivity index (χ0) is 38.9. The standard InChI is InChI=1S/C40H39N3O10S/c1-21(2)51-34-27(31(45)32(34)46)26-20-54-37-29(41-35(47)28(22-16-18-25(44)19-17-22)42-39(50)53-40(3,4)5)36(48)43(37)30(26)38(49)52-33(23-12-8-6-9-13-23)24-14-10-7-11-15-24/h6-19,21,28-29,33,37,44H,20H2,1-5H3,(H,41,47)(H,42,50)/t28?,29?,37-/m0/s1. The molecule has 13 nitrogen and oxygen atoms in total. The Hall–Kier alpha value is -5.89. The van der Waals surface area contributed by atoms with E-state index in [4.69, 9.17) is 14.2 Å². The first-order valence-corrected chi connectivity index (χ1v) is 18.3. The summed E-state index contributed by atoms with van der Waals surface area (Å²) >= 11 is 1.17. The minimum Gasteiger partial charge on any atom is -0.508 e. The Balaban J connectivity index is 1.34. The zero-order valence-electron chi connectivity index (χ0n) is 30.2. The van der Waals surface area contributed by atoms with E-state index in [1.54, 1.807) is 83.1 Å². The zero-order valence-corrected chi connectivity index (χ0v) is 31.0. The summed E-state index contributed by atoms with van der Waals surface area (Å²) in [6.07, 6.45) is -2.26. The average molecular weight is 754 g/mol. The van der Waals surface area contributed by atoms with Crippen LogP contribution in [0.1, 0.15) is 69.0 Å². The molecule has 0 bridgehead atoms. The van der Waals surface area contributed by atoms with Crippen molar-refractivity contribution in [2.75, 3.05) is 5.75 Å². The molecule has 2 heterocycles. The summed E-state index contributed by atoms with van der Waals surface area (Å²) in [4.78, 5) is 82.1. The predicted octanol–water partition coefficient (Wildman–Crippen LogP) is 4.49. The molecule has 2 aliphatic rings. The van der Waals surface area contributed by atoms with Crippen LogP contribution < -0.4 is 26.2 Å². The van der Waals surface area contributed by atoms with E-state index in [9.17, 15) is 33.9 Å². The third kappa shape index (κ3) is 7.74. The quantitative estimate of drug-likeness (QED) is 0.112. The second-order valence-electron chi connectivity index (χ2n) is 14.0. The van der Waals surface area contributed by atoms with Crippen molar-refractivity contribution >= 4 is 41.2 Å². The van der Waals surface area contributed by atoms with Crippen molar-refractivity contribution in [2.24, 2.45) is 0 Å². The molecule has 6 rings (SSSR count). The molecule has 4 aromatic carbocycles. The number of rotatable bonds is 11. The highest BCUT2D eigenvalue weighted by Crippen LogP contribution is 2.45. The summed E-state index contributed by atoms with van der Waals surface area (Å²) in [6.45, 7) is 8.37. The minimum atomic E-state index is -1.33. The lowest BCUT2D eigenvalue weighted by Crippen LogP contribution is -2.71. The molecule has 0 aromatic heterocycles. The van der Waals surface area contributed by atoms with Gasteiger partial charge in [0.05, 0.1) is 11.7 Å². The van der Waals surface area contributed by atoms with Gasteiger partial charge in [0.25, 0.3) is 11.3 Å². The summed E-state index contributed by atoms with van der Waals surface area (Å²) in [7, 11) is 0. The van der Waals surface area contributed by atoms with E-state index in [1.165, 1.54) is 36.0 Å². The number of phenols is 1. The predicted molar refractivity (Wildman–Crippen MR) is 200 cm³/mol. The molecule has 3 N–H and O–H groups in total. The van der Waals surface area contributed by atoms with Crippen LogP contribution in [0.2, 0.25) is 0 Å². The minimum absolute atomic E-state index is 0.0105. The van der Waals surface area contributed by atoms with Gasteiger partial charge in [-0.3, -0.25) is 24.1 Å². The van der Waals surface area contributed by atoms with E-state index >= 15 is 0 Å². The highest BCUT2D eigenvalue weighted by atomic mass is 32.2. The second kappa shape index (κ2) is 15.2. The van der Waals surface area contributed by atoms with Gasteiger partial charge in [0.1, 0.15) is 34.5 Å². The van der Waals surface area contributed by atoms with Crippen molar-refractivity contribution in [2.45, 2.75) is 69.9 Å². The summed E-state index contributed by atoms with van der Waals surface area (Å²) < 4.78 is 17.2. The number of carbonyl (C=O) groups excluding carboxylic acids is 4. The van der Waals surface area contributed by atoms with Crippen LogP contribution in [-0.4, -0.2) is 62.8 Å². The van der Waals surface area contributed by atoms with E-state index in [1.807, 2.05) is 12.1 Å². The third-order valence-corrected chi connectivity index (χ3v) is 9.84. The van der Waals surface area contributed by atoms with Crippen molar-refractivity contribution in [3.8, 4) is 11.5 Å². The largest absolute Gasteiger partial charge is 0.508 e. The van der Waals surface area contributed by atoms with Crippen LogP contribution in [-0.2, 0) is 23.9 Å². The molecule has 0 radical (unpaired) electrons. The molecule has 0 aliphatic carbocycles. The lowest BCUT2D eigenvalue weighted by molar-refractivity contribution is -0.154. The first kappa shape index (κ1) is 37.9. The van der Waals surface area contributed by atoms with E-state index in [-0.39, 0.29) is 34.1 Å². The Morgan fingerprint density at radius 1 is 0.852 bits per heavy atom. The third-order valence-electron chi connectivity index (χ3n) is 8.56. The maximum Gasteiger partial charge on any atom is 0.408 e. The first-order valence-electron chi connectivity index (χ1n) is 17.2. The van der Waals surface area contributed by atoms with Crippen LogP contribution in [0.4, 0.5) is 4.79 Å². The van der Waals surface area contributed by atoms with Gasteiger partial charge in [0.2, 0.25) is 11.3 Å². The number of nitrogens with zero attached hydrogens (tertiary/aromatic N) is 1. The highest BCUT2D eigenvalue weighted by Gasteiger charge is 2.56. The SMILES string of the molecule is CC(C)Oc1c(C2=C(C(=O)OC(c3ccccc3)c3ccccc3)N3C(=O)C(NC(=O)C(NC(=O)OC(C)(C)C)c4ccc(O)cc4)[C@@H]3SC2)c(=O)c1=O. The number of hydrogen-bond donors (Lipinski definition) is 3. The number of fused-ring (bicyclic) bond motifs is 1. The van der Waals surface area contributed by atoms with Crippen LogP contribution in [0, 0.1) is 0 Å². The molecule has 2 unspecified atom stereocenters. The van der Waals surface area contributed by atoms with Crippen LogP contribution >= 0.6 is 11.8 Å². The monoisotopic (exact) mass is 753 g/mol. The number of thioether (sulfide) groups is 1. The van der Waals surface area contributed by atoms with Gasteiger partial charge < -0.3 is 30.0 Å². The summed E-state index contributed by atoms with van der Waals surface area (Å²) in [6, 6.07) is 21.1. The maximum atomic E-state index is 14.4. The highest BCUT2D eigenvalue weighted by molar-refractivity contribution is 8.00. The molecule has 4 aromatic rings. The van der Waals surface area contributed by atoms with Gasteiger partial charge in [0.15, 0.2) is 11.9 Å². The molecular weight excluding hydrogens is 715 g/mol. The van der Waals surface area contributed by atoms with Crippen molar-refractivity contribution in [1.82, 2.24) is 15.5 Å². The number of hydrogen-bond acceptors (Lipinski definition) is 11. The summed E-state index contributed by atoms with van der Waals surface area (Å²) in [5.74, 6) is -2.64. The molecule has 2 aliphatic heterocycles. The van der Waals surface area contributed by atoms with E-state index in [0.717, 1.165) is 4.90 Å². The molecule has 14 heteroatoms. The van der Waals surface area contributed by atoms with E-state index < -0.39 is 70.0 Å². The van der Waals surface area contributed by atoms with E-state index in [0.29, 0.717) is 16.7 Å². The Morgan fingerprint density at radius 2 is 1.44 bits per heavy atom. The maximum absolute atomic E-state index is 14.4. The van der Waals surface area contributed by atoms with E-state index in [2.05, 4.69) is 10.6 Å². The van der Waals surface area contributed by atoms with Crippen LogP contribution in [0.25, 0.3) is 5.57 Å². The fraction of sp³-hybridized carbons (Fsp3) is 0.300. The number of nitrogens with one attached hydrogen (secondary N) is 2. The number of benzene rings is 3. The molecule has 0 saturated carbocycles. The molecule has 280 valence electrons. The molecule has 3 atom stereocenters. The topological polar surface area (TPSA) is 178 Å². The van der Waals surface area contributed by atoms with Crippen LogP contribution in [0.15, 0.2) is 100 Å². The normalized spacial score (nSPS) is 17.5. The fourth-order valence-corrected chi connectivity index (χ4v) is 7.52. The number of amides is 3. The molecule has 1 fully saturated rings. The van der Waals surface area contributed by atoms with Crippen molar-refractivity contribution < 1.29 is 38.5 Å². The molecule has 1 saturated heterocycles. The molecule has 54 heavy (non-hydrogen) atoms. The lowest BCUT2D eigenvalue weighted by Gasteiger charge is -2.50. The van der Waals surface area contributed by atoms with Gasteiger partial charge in [-0.2, -0.15) is 0 Å². The van der Waals surface area contributed by atoms with Gasteiger partial charge >= 0.3 is 12.1 Å². The van der Waals surface area contributed by atoms with Crippen molar-refractivity contribution in [1.29, 1.82) is 0 Å². The second-order valence-corrected chi connectivity index (χ2v) is 15.1. The number of phenolic OH excluding ortho intramolecular Hbond substituents is 1. The Bertz CT molecular complexity index is 2130. The average Bonchev–Trinajstić information content (AvgIpc) is 3.14. The lowest BCUT2D eigenvalue weighted by atomic mass is 9.94. The van der Waals surface area contributed by atoms with Crippen molar-refractivity contribution in [3.05, 3.63) is 133 Å². The number of aromatic hydroxyl groups is 1. The van der Waals surface area contributed by atoms with Gasteiger partial charge in [-0.05, 0) is 63.4 Å². The summed E-state index contributed by atoms with van der Waals surface area (Å²) in [5.41, 5.74) is -1.20. The molecular formula is C40H39N3O10S. The van der Waals surface area contributed by atoms with Gasteiger partial charge in [-0.1, -0.05) is 72.8 Å². The van der Waals surface area contributed by atoms with Gasteiger partial charge in [0, 0.05) is 11.3 Å². The number of ether oxygens (including phenoxy) is 3. The number of alkyl carbamates (subject to hydrolysis) is 1. The number of esters is 1. The number of β-lactam (4-membered cyclic amide) rings is 1. The number of carbonyl (C=O) groups is 4. The Morgan fingerprint density at radius 3 is 2.00 bits per heavy atom. The fourth-order valence-electron chi connectivity index (χ4n) is 6.17. The van der Waals surface area contributed by atoms with Crippen LogP contribution in [0.5, 0.6) is 11.5 Å². The smallest absolute Gasteiger partial charge is 0.408 e. The van der Waals surface area contributed by atoms with Crippen LogP contribution in [0.3, 0.4) is 0 Å². The molecule has 3 amide bonds. The molecule has 0 spiro atoms. The Labute approximate surface area is 315 Å². The van der Waals surface area contributed by atoms with Gasteiger partial charge in [-0.15, -0.1) is 11.8 Å². The van der Waals surface area contributed by atoms with Crippen molar-refractivity contribution in [3.63, 3.8) is 0 Å². The summed E-state index contributed by atoms with van der Waals surface area (Å²) in [5, 5.41) is 14.2.